The predicted molar refractivity (Wildman–Crippen MR) is 39.4 cm³/mol. The van der Waals surface area contributed by atoms with E-state index in [4.69, 9.17) is 11.3 Å². The Kier molecular flexibility index (Phi) is 2.13. The molecule has 11 heavy (non-hydrogen) atoms. The fourth-order valence-electron chi connectivity index (χ4n) is 1.21. The summed E-state index contributed by atoms with van der Waals surface area (Å²) in [5.41, 5.74) is 0. The highest BCUT2D eigenvalue weighted by molar-refractivity contribution is 5.75. The average molecular weight is 153 g/mol. The number of ether oxygens (including phenoxy) is 1. The van der Waals surface area contributed by atoms with Crippen molar-refractivity contribution in [1.82, 2.24) is 0 Å². The molecule has 0 aromatic heterocycles. The summed E-state index contributed by atoms with van der Waals surface area (Å²) in [6.07, 6.45) is 0.0508. The number of rotatable bonds is 1. The molecule has 0 saturated carbocycles. The molecule has 1 aliphatic heterocycles. The molecule has 0 N–H and O–H groups in total. The first-order valence-corrected chi connectivity index (χ1v) is 3.72. The molecule has 0 amide bonds. The van der Waals surface area contributed by atoms with Crippen molar-refractivity contribution in [3.8, 4) is 0 Å². The summed E-state index contributed by atoms with van der Waals surface area (Å²) in [6.45, 7) is 10.6. The molecule has 2 atom stereocenters. The maximum atomic E-state index is 11.0. The normalized spacial score (nSPS) is 30.2. The Morgan fingerprint density at radius 3 is 2.64 bits per heavy atom. The number of carbonyl (C=O) groups is 1. The Morgan fingerprint density at radius 2 is 2.36 bits per heavy atom. The topological polar surface area (TPSA) is 30.7 Å². The second kappa shape index (κ2) is 2.91. The van der Waals surface area contributed by atoms with Gasteiger partial charge in [-0.2, -0.15) is 0 Å². The molecule has 3 heteroatoms. The minimum Gasteiger partial charge on any atom is -0.391 e. The zero-order valence-corrected chi connectivity index (χ0v) is 6.70. The molecule has 1 unspecified atom stereocenters. The standard InChI is InChI=1S/C8H11NO2/c1-5(2)6-4-7(9-3)11-8(6)10/h5-7H,4H2,1-2H3/t6-,7?/m0/s1. The van der Waals surface area contributed by atoms with E-state index in [0.717, 1.165) is 0 Å². The van der Waals surface area contributed by atoms with E-state index >= 15 is 0 Å². The van der Waals surface area contributed by atoms with E-state index in [1.54, 1.807) is 0 Å². The molecule has 3 nitrogen and oxygen atoms in total. The highest BCUT2D eigenvalue weighted by Crippen LogP contribution is 2.27. The number of hydrogen-bond acceptors (Lipinski definition) is 2. The van der Waals surface area contributed by atoms with Crippen LogP contribution in [0, 0.1) is 18.4 Å². The fraction of sp³-hybridized carbons (Fsp3) is 0.750. The van der Waals surface area contributed by atoms with Gasteiger partial charge in [-0.05, 0) is 5.92 Å². The average Bonchev–Trinajstić information content (AvgIpc) is 2.30. The molecular weight excluding hydrogens is 142 g/mol. The van der Waals surface area contributed by atoms with Gasteiger partial charge in [-0.15, -0.1) is 0 Å². The van der Waals surface area contributed by atoms with Gasteiger partial charge in [0.25, 0.3) is 0 Å². The van der Waals surface area contributed by atoms with E-state index in [1.165, 1.54) is 0 Å². The maximum Gasteiger partial charge on any atom is 0.369 e. The monoisotopic (exact) mass is 153 g/mol. The van der Waals surface area contributed by atoms with Crippen molar-refractivity contribution in [3.05, 3.63) is 11.4 Å². The van der Waals surface area contributed by atoms with Gasteiger partial charge in [-0.25, -0.2) is 6.57 Å². The number of esters is 1. The lowest BCUT2D eigenvalue weighted by molar-refractivity contribution is -0.144. The molecule has 0 aliphatic carbocycles. The quantitative estimate of drug-likeness (QED) is 0.421. The van der Waals surface area contributed by atoms with Gasteiger partial charge in [0.2, 0.25) is 0 Å². The van der Waals surface area contributed by atoms with Crippen LogP contribution in [-0.4, -0.2) is 12.2 Å². The Balaban J connectivity index is 2.60. The second-order valence-corrected chi connectivity index (χ2v) is 3.11. The molecule has 0 aromatic carbocycles. The zero-order valence-electron chi connectivity index (χ0n) is 6.70. The molecule has 60 valence electrons. The maximum absolute atomic E-state index is 11.0. The summed E-state index contributed by atoms with van der Waals surface area (Å²) in [7, 11) is 0. The number of hydrogen-bond donors (Lipinski definition) is 0. The van der Waals surface area contributed by atoms with Gasteiger partial charge >= 0.3 is 12.2 Å². The number of nitrogens with zero attached hydrogens (tertiary/aromatic N) is 1. The van der Waals surface area contributed by atoms with Crippen LogP contribution in [0.1, 0.15) is 20.3 Å². The second-order valence-electron chi connectivity index (χ2n) is 3.11. The van der Waals surface area contributed by atoms with Gasteiger partial charge in [-0.3, -0.25) is 9.64 Å². The third kappa shape index (κ3) is 1.51. The van der Waals surface area contributed by atoms with Crippen molar-refractivity contribution in [2.75, 3.05) is 0 Å². The summed E-state index contributed by atoms with van der Waals surface area (Å²) >= 11 is 0. The lowest BCUT2D eigenvalue weighted by Crippen LogP contribution is -2.13. The summed E-state index contributed by atoms with van der Waals surface area (Å²) in [5.74, 6) is 0.0179. The third-order valence-corrected chi connectivity index (χ3v) is 1.96. The number of cyclic esters (lactones) is 1. The van der Waals surface area contributed by atoms with Crippen LogP contribution >= 0.6 is 0 Å². The van der Waals surface area contributed by atoms with Gasteiger partial charge < -0.3 is 4.74 Å². The fourth-order valence-corrected chi connectivity index (χ4v) is 1.21. The van der Waals surface area contributed by atoms with Crippen LogP contribution in [0.4, 0.5) is 0 Å². The summed E-state index contributed by atoms with van der Waals surface area (Å²) in [6, 6.07) is 0. The largest absolute Gasteiger partial charge is 0.391 e. The minimum absolute atomic E-state index is 0.0610. The van der Waals surface area contributed by atoms with Crippen LogP contribution in [0.25, 0.3) is 4.85 Å². The van der Waals surface area contributed by atoms with E-state index in [9.17, 15) is 4.79 Å². The van der Waals surface area contributed by atoms with E-state index in [2.05, 4.69) is 4.85 Å². The Morgan fingerprint density at radius 1 is 1.73 bits per heavy atom. The van der Waals surface area contributed by atoms with Crippen LogP contribution in [0.2, 0.25) is 0 Å². The lowest BCUT2D eigenvalue weighted by atomic mass is 9.94. The lowest BCUT2D eigenvalue weighted by Gasteiger charge is -2.06. The molecule has 0 aromatic rings. The van der Waals surface area contributed by atoms with E-state index in [0.29, 0.717) is 6.42 Å². The smallest absolute Gasteiger partial charge is 0.369 e. The molecule has 1 aliphatic rings. The summed E-state index contributed by atoms with van der Waals surface area (Å²) in [5, 5.41) is 0. The van der Waals surface area contributed by atoms with Gasteiger partial charge in [-0.1, -0.05) is 13.8 Å². The zero-order chi connectivity index (χ0) is 8.43. The Hall–Kier alpha value is -1.04. The number of carbonyl (C=O) groups excluding carboxylic acids is 1. The SMILES string of the molecule is [C-]#[N+]C1C[C@@H](C(C)C)C(=O)O1. The Labute approximate surface area is 66.2 Å². The van der Waals surface area contributed by atoms with Crippen LogP contribution in [0.5, 0.6) is 0 Å². The van der Waals surface area contributed by atoms with Crippen LogP contribution in [0.3, 0.4) is 0 Å². The molecule has 1 saturated heterocycles. The molecular formula is C8H11NO2. The first kappa shape index (κ1) is 8.06. The van der Waals surface area contributed by atoms with Gasteiger partial charge in [0.15, 0.2) is 0 Å². The van der Waals surface area contributed by atoms with Crippen molar-refractivity contribution < 1.29 is 9.53 Å². The van der Waals surface area contributed by atoms with Crippen molar-refractivity contribution in [2.45, 2.75) is 26.5 Å². The van der Waals surface area contributed by atoms with Crippen LogP contribution in [-0.2, 0) is 9.53 Å². The Bertz CT molecular complexity index is 205. The van der Waals surface area contributed by atoms with E-state index in [1.807, 2.05) is 13.8 Å². The van der Waals surface area contributed by atoms with Gasteiger partial charge in [0.05, 0.1) is 12.3 Å². The molecule has 1 heterocycles. The van der Waals surface area contributed by atoms with Gasteiger partial charge in [0.1, 0.15) is 0 Å². The summed E-state index contributed by atoms with van der Waals surface area (Å²) in [4.78, 5) is 14.2. The van der Waals surface area contributed by atoms with E-state index in [-0.39, 0.29) is 17.8 Å². The first-order chi connectivity index (χ1) is 5.15. The molecule has 0 spiro atoms. The van der Waals surface area contributed by atoms with Crippen molar-refractivity contribution in [2.24, 2.45) is 11.8 Å². The van der Waals surface area contributed by atoms with Crippen molar-refractivity contribution in [3.63, 3.8) is 0 Å². The summed E-state index contributed by atoms with van der Waals surface area (Å²) < 4.78 is 4.79. The highest BCUT2D eigenvalue weighted by atomic mass is 16.6. The van der Waals surface area contributed by atoms with Crippen molar-refractivity contribution >= 4 is 5.97 Å². The molecule has 0 bridgehead atoms. The predicted octanol–water partition coefficient (Wildman–Crippen LogP) is 1.45. The highest BCUT2D eigenvalue weighted by Gasteiger charge is 2.39. The van der Waals surface area contributed by atoms with Gasteiger partial charge in [0, 0.05) is 0 Å². The first-order valence-electron chi connectivity index (χ1n) is 3.72. The molecule has 0 radical (unpaired) electrons. The minimum atomic E-state index is -0.519. The van der Waals surface area contributed by atoms with Crippen LogP contribution < -0.4 is 0 Å². The third-order valence-electron chi connectivity index (χ3n) is 1.96. The van der Waals surface area contributed by atoms with Crippen molar-refractivity contribution in [1.29, 1.82) is 0 Å². The van der Waals surface area contributed by atoms with E-state index < -0.39 is 6.23 Å². The molecule has 1 fully saturated rings. The molecule has 1 rings (SSSR count). The van der Waals surface area contributed by atoms with Crippen LogP contribution in [0.15, 0.2) is 0 Å².